The third-order valence-corrected chi connectivity index (χ3v) is 5.34. The van der Waals surface area contributed by atoms with Gasteiger partial charge in [-0.3, -0.25) is 14.4 Å². The number of Topliss-reactive ketones (excluding diaryl/α,β-unsaturated/α-hetero) is 1. The van der Waals surface area contributed by atoms with Crippen molar-refractivity contribution < 1.29 is 19.1 Å². The van der Waals surface area contributed by atoms with Gasteiger partial charge in [-0.15, -0.1) is 0 Å². The molecule has 0 aliphatic carbocycles. The summed E-state index contributed by atoms with van der Waals surface area (Å²) in [7, 11) is 0. The van der Waals surface area contributed by atoms with E-state index >= 15 is 0 Å². The van der Waals surface area contributed by atoms with Crippen molar-refractivity contribution in [3.63, 3.8) is 0 Å². The van der Waals surface area contributed by atoms with E-state index < -0.39 is 12.0 Å². The lowest BCUT2D eigenvalue weighted by Gasteiger charge is -2.29. The number of nitrogens with one attached hydrogen (secondary N) is 1. The van der Waals surface area contributed by atoms with Gasteiger partial charge < -0.3 is 15.0 Å². The Balaban J connectivity index is 1.75. The number of piperidine rings is 1. The van der Waals surface area contributed by atoms with Crippen LogP contribution in [-0.2, 0) is 19.1 Å². The van der Waals surface area contributed by atoms with Crippen molar-refractivity contribution in [3.8, 4) is 0 Å². The Labute approximate surface area is 153 Å². The van der Waals surface area contributed by atoms with Gasteiger partial charge in [0.15, 0.2) is 11.9 Å². The highest BCUT2D eigenvalue weighted by Crippen LogP contribution is 2.30. The number of ether oxygens (including phenoxy) is 1. The Morgan fingerprint density at radius 1 is 1.23 bits per heavy atom. The molecule has 2 heterocycles. The van der Waals surface area contributed by atoms with Gasteiger partial charge in [-0.25, -0.2) is 0 Å². The Bertz CT molecular complexity index is 677. The summed E-state index contributed by atoms with van der Waals surface area (Å²) in [4.78, 5) is 38.1. The van der Waals surface area contributed by atoms with Crippen LogP contribution in [0, 0.1) is 25.7 Å². The number of carbonyl (C=O) groups excluding carboxylic acids is 3. The van der Waals surface area contributed by atoms with Crippen LogP contribution in [0.5, 0.6) is 0 Å². The Kier molecular flexibility index (Phi) is 5.71. The summed E-state index contributed by atoms with van der Waals surface area (Å²) in [6.45, 7) is 6.33. The molecular weight excluding hydrogens is 332 g/mol. The highest BCUT2D eigenvalue weighted by atomic mass is 16.5. The average Bonchev–Trinajstić information content (AvgIpc) is 3.01. The molecule has 2 atom stereocenters. The molecule has 0 saturated carbocycles. The van der Waals surface area contributed by atoms with E-state index in [1.165, 1.54) is 0 Å². The molecule has 140 valence electrons. The van der Waals surface area contributed by atoms with Crippen LogP contribution in [0.3, 0.4) is 0 Å². The molecule has 0 radical (unpaired) electrons. The molecule has 1 aromatic rings. The number of nitrogens with zero attached hydrogens (tertiary/aromatic N) is 1. The zero-order valence-corrected chi connectivity index (χ0v) is 15.4. The van der Waals surface area contributed by atoms with Gasteiger partial charge >= 0.3 is 0 Å². The highest BCUT2D eigenvalue weighted by Gasteiger charge is 2.41. The number of hydrogen-bond acceptors (Lipinski definition) is 5. The molecule has 2 unspecified atom stereocenters. The lowest BCUT2D eigenvalue weighted by atomic mass is 9.85. The Morgan fingerprint density at radius 3 is 2.50 bits per heavy atom. The van der Waals surface area contributed by atoms with E-state index in [0.29, 0.717) is 13.0 Å². The molecule has 3 rings (SSSR count). The third kappa shape index (κ3) is 3.96. The normalized spacial score (nSPS) is 22.3. The Hall–Kier alpha value is -2.21. The summed E-state index contributed by atoms with van der Waals surface area (Å²) >= 11 is 0. The zero-order chi connectivity index (χ0) is 18.7. The quantitative estimate of drug-likeness (QED) is 0.785. The minimum atomic E-state index is -0.744. The van der Waals surface area contributed by atoms with E-state index in [4.69, 9.17) is 4.74 Å². The van der Waals surface area contributed by atoms with E-state index in [0.717, 1.165) is 42.7 Å². The van der Waals surface area contributed by atoms with Crippen LogP contribution in [0.2, 0.25) is 0 Å². The summed E-state index contributed by atoms with van der Waals surface area (Å²) in [5.74, 6) is -0.574. The number of anilines is 1. The zero-order valence-electron chi connectivity index (χ0n) is 15.4. The van der Waals surface area contributed by atoms with Crippen molar-refractivity contribution in [2.45, 2.75) is 39.2 Å². The van der Waals surface area contributed by atoms with Crippen molar-refractivity contribution in [1.82, 2.24) is 5.32 Å². The highest BCUT2D eigenvalue weighted by molar-refractivity contribution is 6.02. The first kappa shape index (κ1) is 18.6. The maximum atomic E-state index is 13.0. The van der Waals surface area contributed by atoms with Crippen LogP contribution in [0.15, 0.2) is 18.2 Å². The second-order valence-corrected chi connectivity index (χ2v) is 7.39. The first-order valence-corrected chi connectivity index (χ1v) is 9.22. The fourth-order valence-corrected chi connectivity index (χ4v) is 4.10. The van der Waals surface area contributed by atoms with Gasteiger partial charge in [-0.1, -0.05) is 6.07 Å². The number of ketones is 1. The summed E-state index contributed by atoms with van der Waals surface area (Å²) in [6.07, 6.45) is 1.03. The first-order chi connectivity index (χ1) is 12.5. The van der Waals surface area contributed by atoms with Gasteiger partial charge in [0.05, 0.1) is 0 Å². The van der Waals surface area contributed by atoms with Gasteiger partial charge in [0.2, 0.25) is 5.91 Å². The molecule has 6 heteroatoms. The number of hydrogen-bond donors (Lipinski definition) is 1. The number of amides is 1. The number of carbonyl (C=O) groups is 3. The number of rotatable bonds is 6. The smallest absolute Gasteiger partial charge is 0.293 e. The molecule has 0 spiro atoms. The molecule has 1 aromatic carbocycles. The van der Waals surface area contributed by atoms with Gasteiger partial charge in [0.1, 0.15) is 0 Å². The largest absolute Gasteiger partial charge is 0.456 e. The van der Waals surface area contributed by atoms with Gasteiger partial charge in [-0.2, -0.15) is 0 Å². The number of benzene rings is 1. The fraction of sp³-hybridized carbons (Fsp3) is 0.550. The van der Waals surface area contributed by atoms with Crippen LogP contribution in [0.4, 0.5) is 5.69 Å². The van der Waals surface area contributed by atoms with Crippen LogP contribution in [-0.4, -0.2) is 43.9 Å². The second kappa shape index (κ2) is 7.99. The van der Waals surface area contributed by atoms with Crippen molar-refractivity contribution in [2.75, 3.05) is 24.5 Å². The predicted molar refractivity (Wildman–Crippen MR) is 97.9 cm³/mol. The van der Waals surface area contributed by atoms with E-state index in [9.17, 15) is 14.4 Å². The van der Waals surface area contributed by atoms with Crippen molar-refractivity contribution >= 4 is 23.9 Å². The summed E-state index contributed by atoms with van der Waals surface area (Å²) in [5, 5.41) is 3.25. The van der Waals surface area contributed by atoms with Gasteiger partial charge in [0, 0.05) is 30.5 Å². The molecule has 1 N–H and O–H groups in total. The van der Waals surface area contributed by atoms with E-state index in [-0.39, 0.29) is 24.0 Å². The molecule has 0 aromatic heterocycles. The molecule has 2 saturated heterocycles. The predicted octanol–water partition coefficient (Wildman–Crippen LogP) is 1.77. The maximum absolute atomic E-state index is 13.0. The number of aryl methyl sites for hydroxylation is 2. The van der Waals surface area contributed by atoms with Crippen LogP contribution < -0.4 is 10.2 Å². The summed E-state index contributed by atoms with van der Waals surface area (Å²) in [5.41, 5.74) is 3.00. The minimum absolute atomic E-state index is 0.0271. The SMILES string of the molecule is Cc1cc(C)cc(N2CC(C(=O)C(OC=O)C3CCNCC3)CC2=O)c1. The molecule has 1 amide bonds. The second-order valence-electron chi connectivity index (χ2n) is 7.39. The standard InChI is InChI=1S/C20H26N2O4/c1-13-7-14(2)9-17(8-13)22-11-16(10-18(22)24)19(25)20(26-12-23)15-3-5-21-6-4-15/h7-9,12,15-16,20-21H,3-6,10-11H2,1-2H3. The third-order valence-electron chi connectivity index (χ3n) is 5.34. The molecular formula is C20H26N2O4. The van der Waals surface area contributed by atoms with Crippen LogP contribution in [0.25, 0.3) is 0 Å². The minimum Gasteiger partial charge on any atom is -0.456 e. The molecule has 2 aliphatic rings. The van der Waals surface area contributed by atoms with Crippen molar-refractivity contribution in [3.05, 3.63) is 29.3 Å². The fourth-order valence-electron chi connectivity index (χ4n) is 4.10. The van der Waals surface area contributed by atoms with E-state index in [1.54, 1.807) is 4.90 Å². The van der Waals surface area contributed by atoms with Crippen LogP contribution >= 0.6 is 0 Å². The molecule has 2 fully saturated rings. The first-order valence-electron chi connectivity index (χ1n) is 9.22. The lowest BCUT2D eigenvalue weighted by molar-refractivity contribution is -0.150. The molecule has 6 nitrogen and oxygen atoms in total. The van der Waals surface area contributed by atoms with Gasteiger partial charge in [-0.05, 0) is 63.0 Å². The van der Waals surface area contributed by atoms with Crippen molar-refractivity contribution in [2.24, 2.45) is 11.8 Å². The molecule has 0 bridgehead atoms. The topological polar surface area (TPSA) is 75.7 Å². The van der Waals surface area contributed by atoms with Crippen LogP contribution in [0.1, 0.15) is 30.4 Å². The Morgan fingerprint density at radius 2 is 1.88 bits per heavy atom. The molecule has 2 aliphatic heterocycles. The van der Waals surface area contributed by atoms with E-state index in [2.05, 4.69) is 11.4 Å². The monoisotopic (exact) mass is 358 g/mol. The average molecular weight is 358 g/mol. The lowest BCUT2D eigenvalue weighted by Crippen LogP contribution is -2.42. The summed E-state index contributed by atoms with van der Waals surface area (Å²) in [6, 6.07) is 5.98. The van der Waals surface area contributed by atoms with Crippen molar-refractivity contribution in [1.29, 1.82) is 0 Å². The maximum Gasteiger partial charge on any atom is 0.293 e. The summed E-state index contributed by atoms with van der Waals surface area (Å²) < 4.78 is 5.18. The molecule has 26 heavy (non-hydrogen) atoms. The van der Waals surface area contributed by atoms with E-state index in [1.807, 2.05) is 26.0 Å². The van der Waals surface area contributed by atoms with Gasteiger partial charge in [0.25, 0.3) is 6.47 Å².